The zero-order valence-electron chi connectivity index (χ0n) is 70.2. The van der Waals surface area contributed by atoms with E-state index in [2.05, 4.69) is 159 Å². The fraction of sp³-hybridized carbons (Fsp3) is 0.773. The van der Waals surface area contributed by atoms with Crippen LogP contribution in [-0.4, -0.2) is 210 Å². The minimum absolute atomic E-state index is 0.00278. The summed E-state index contributed by atoms with van der Waals surface area (Å²) < 4.78 is 76.6. The average molecular weight is 1550 g/mol. The van der Waals surface area contributed by atoms with Crippen LogP contribution < -0.4 is 26.5 Å². The van der Waals surface area contributed by atoms with Gasteiger partial charge in [-0.25, -0.2) is 19.2 Å². The highest BCUT2D eigenvalue weighted by Crippen LogP contribution is 2.40. The third kappa shape index (κ3) is 40.1. The molecule has 0 aromatic heterocycles. The molecule has 1 unspecified atom stereocenters. The van der Waals surface area contributed by atoms with Crippen LogP contribution in [0.2, 0.25) is 41.3 Å². The van der Waals surface area contributed by atoms with Gasteiger partial charge in [-0.05, 0) is 151 Å². The third-order valence-electron chi connectivity index (χ3n) is 17.6. The van der Waals surface area contributed by atoms with Gasteiger partial charge in [0, 0.05) is 49.8 Å². The molecule has 3 saturated heterocycles. The zero-order valence-corrected chi connectivity index (χ0v) is 72.2. The molecule has 3 aliphatic rings. The number of rotatable bonds is 23. The number of hydrogen-bond donors (Lipinski definition) is 5. The lowest BCUT2D eigenvalue weighted by atomic mass is 9.96. The topological polar surface area (TPSA) is 327 Å². The second kappa shape index (κ2) is 45.1. The van der Waals surface area contributed by atoms with Gasteiger partial charge in [0.2, 0.25) is 0 Å². The summed E-state index contributed by atoms with van der Waals surface area (Å²) in [4.78, 5) is 106. The van der Waals surface area contributed by atoms with Crippen molar-refractivity contribution in [1.29, 1.82) is 0 Å². The highest BCUT2D eigenvalue weighted by molar-refractivity contribution is 6.83. The van der Waals surface area contributed by atoms with Crippen molar-refractivity contribution in [2.45, 2.75) is 280 Å². The number of esters is 3. The molecule has 608 valence electrons. The van der Waals surface area contributed by atoms with E-state index in [1.54, 1.807) is 69.4 Å². The Morgan fingerprint density at radius 1 is 0.610 bits per heavy atom. The van der Waals surface area contributed by atoms with Crippen molar-refractivity contribution >= 4 is 84.9 Å². The number of alkyl halides is 1. The second-order valence-corrected chi connectivity index (χ2v) is 47.5. The first-order chi connectivity index (χ1) is 48.3. The number of carbonyl (C=O) groups is 9. The Morgan fingerprint density at radius 3 is 1.38 bits per heavy atom. The number of halogens is 1. The minimum Gasteiger partial charge on any atom is -0.481 e. The normalized spacial score (nSPS) is 20.0. The van der Waals surface area contributed by atoms with Crippen molar-refractivity contribution in [1.82, 2.24) is 26.2 Å². The molecule has 30 heteroatoms. The maximum atomic E-state index is 12.8. The van der Waals surface area contributed by atoms with E-state index in [-0.39, 0.29) is 84.1 Å². The molecule has 1 aromatic rings. The lowest BCUT2D eigenvalue weighted by Crippen LogP contribution is -2.60. The van der Waals surface area contributed by atoms with E-state index in [1.165, 1.54) is 19.6 Å². The number of aliphatic carboxylic acids is 1. The molecule has 3 fully saturated rings. The summed E-state index contributed by atoms with van der Waals surface area (Å²) in [6.07, 6.45) is 0.732. The van der Waals surface area contributed by atoms with Gasteiger partial charge in [-0.3, -0.25) is 23.6 Å². The highest BCUT2D eigenvalue weighted by Gasteiger charge is 2.51. The Labute approximate surface area is 633 Å². The van der Waals surface area contributed by atoms with Gasteiger partial charge in [-0.2, -0.15) is 0 Å². The first-order valence-corrected chi connectivity index (χ1v) is 43.8. The van der Waals surface area contributed by atoms with E-state index < -0.39 is 121 Å². The Bertz CT molecular complexity index is 2840. The molecule has 5 N–H and O–H groups in total. The number of nitrogens with one attached hydrogen (secondary N) is 4. The van der Waals surface area contributed by atoms with E-state index in [1.807, 2.05) is 45.0 Å². The summed E-state index contributed by atoms with van der Waals surface area (Å²) in [5, 5.41) is 20.8. The quantitative estimate of drug-likeness (QED) is 0.0223. The lowest BCUT2D eigenvalue weighted by molar-refractivity contribution is -0.159. The SMILES string of the molecule is C=C[C@@H](CO[Si](C)(C)C(C)(C)C)[C@@H](CCO[Si](OC)(c1ccccc1)C(C)(C)C)NC(=O)OC(C)(C)C.CC(C)(C)OC(=O)N[C@@H]1CC(=O)OC[C@H]1C(=O)O.CC(C)(C)OC(=O)N[C@@H]1CC(=O)OC[C@H]1C=O.CC(C)(C)OC(=O)N[C@@H]1CC(=O)OC[C@H]1CO[Si](C)(C)C(C)(C)C.CCN(CC)CC.[2H]CF. The first kappa shape index (κ1) is 99.0. The molecule has 1 aromatic carbocycles. The van der Waals surface area contributed by atoms with Crippen LogP contribution in [0.3, 0.4) is 0 Å². The summed E-state index contributed by atoms with van der Waals surface area (Å²) in [7, 11) is -5.95. The van der Waals surface area contributed by atoms with E-state index in [9.17, 15) is 47.5 Å². The van der Waals surface area contributed by atoms with E-state index in [0.717, 1.165) is 5.19 Å². The number of cyclic esters (lactones) is 3. The Balaban J connectivity index is 0. The van der Waals surface area contributed by atoms with Gasteiger partial charge >= 0.3 is 56.8 Å². The fourth-order valence-electron chi connectivity index (χ4n) is 9.62. The first-order valence-electron chi connectivity index (χ1n) is 36.8. The van der Waals surface area contributed by atoms with Crippen LogP contribution in [0.15, 0.2) is 43.0 Å². The molecule has 105 heavy (non-hydrogen) atoms. The predicted octanol–water partition coefficient (Wildman–Crippen LogP) is 13.5. The number of benzene rings is 1. The van der Waals surface area contributed by atoms with Crippen molar-refractivity contribution < 1.29 is 105 Å². The van der Waals surface area contributed by atoms with Gasteiger partial charge < -0.3 is 86.9 Å². The molecule has 0 radical (unpaired) electrons. The molecule has 3 heterocycles. The number of ether oxygens (including phenoxy) is 7. The van der Waals surface area contributed by atoms with Crippen LogP contribution in [-0.2, 0) is 74.8 Å². The molecular weight excluding hydrogens is 1410 g/mol. The third-order valence-corrected chi connectivity index (χ3v) is 30.8. The minimum atomic E-state index is -2.80. The molecule has 0 saturated carbocycles. The molecular formula is C75H138FN5O21Si3. The number of nitrogens with zero attached hydrogens (tertiary/aromatic N) is 1. The van der Waals surface area contributed by atoms with E-state index in [0.29, 0.717) is 32.5 Å². The molecule has 9 atom stereocenters. The van der Waals surface area contributed by atoms with Crippen molar-refractivity contribution in [2.75, 3.05) is 73.5 Å². The van der Waals surface area contributed by atoms with Crippen LogP contribution >= 0.6 is 0 Å². The Kier molecular flexibility index (Phi) is 42.5. The van der Waals surface area contributed by atoms with Gasteiger partial charge in [0.15, 0.2) is 16.6 Å². The van der Waals surface area contributed by atoms with Crippen molar-refractivity contribution in [3.05, 3.63) is 43.0 Å². The average Bonchev–Trinajstić information content (AvgIpc) is 0.774. The molecule has 3 aliphatic heterocycles. The highest BCUT2D eigenvalue weighted by atomic mass is 28.4. The number of carbonyl (C=O) groups excluding carboxylic acids is 8. The van der Waals surface area contributed by atoms with Crippen LogP contribution in [0.4, 0.5) is 23.6 Å². The summed E-state index contributed by atoms with van der Waals surface area (Å²) in [6, 6.07) is 8.24. The van der Waals surface area contributed by atoms with Crippen LogP contribution in [0.5, 0.6) is 0 Å². The van der Waals surface area contributed by atoms with Gasteiger partial charge in [-0.15, -0.1) is 6.58 Å². The molecule has 0 aliphatic carbocycles. The van der Waals surface area contributed by atoms with Gasteiger partial charge in [0.25, 0.3) is 0 Å². The monoisotopic (exact) mass is 1550 g/mol. The van der Waals surface area contributed by atoms with Gasteiger partial charge in [0.1, 0.15) is 47.8 Å². The van der Waals surface area contributed by atoms with E-state index in [4.69, 9.17) is 52.6 Å². The summed E-state index contributed by atoms with van der Waals surface area (Å²) in [5.41, 5.74) is -2.47. The lowest BCUT2D eigenvalue weighted by Gasteiger charge is -2.41. The molecule has 0 spiro atoms. The molecule has 4 rings (SSSR count). The fourth-order valence-corrected chi connectivity index (χ4v) is 15.2. The standard InChI is InChI=1S/C29H53NO5Si2.C17H33NO5Si.C11H17NO6.C11H17NO5.C6H15N.CH3F/c1-14-23(22-34-36(12,13)28(5,6)7)25(30-26(31)35-27(2,3)4)20-21-33-37(32-11,29(8,9)10)24-18-16-15-17-19-24;1-16(2,3)23-15(20)18-13-9-14(19)21-10-12(13)11-22-24(7,8)17(4,5)6;1-11(2,3)18-10(16)12-7-4-8(13)17-5-6(7)9(14)15;1-11(2,3)17-10(15)12-8-4-9(14)16-6-7(8)5-13;1-4-7(5-2)6-3;1-2/h14-19,23,25H,1,20-22H2,2-13H3,(H,30,31);12-13H,9-11H2,1-8H3,(H,18,20);6-7H,4-5H2,1-3H3,(H,12,16)(H,14,15);5,7-8H,4,6H2,1-3H3,(H,12,15);4-6H2,1-3H3;1H3/t23-,25+,37?;12-,13+;6-,7-;7-,8-;;/m0011../s1/i;;;;;1D. The number of carboxylic acid groups (broad SMARTS) is 1. The second-order valence-electron chi connectivity index (χ2n) is 33.9. The zero-order chi connectivity index (χ0) is 82.8. The van der Waals surface area contributed by atoms with Gasteiger partial charge in [0.05, 0.1) is 58.4 Å². The van der Waals surface area contributed by atoms with E-state index >= 15 is 0 Å². The predicted molar refractivity (Wildman–Crippen MR) is 413 cm³/mol. The smallest absolute Gasteiger partial charge is 0.407 e. The van der Waals surface area contributed by atoms with Crippen molar-refractivity contribution in [3.63, 3.8) is 0 Å². The number of aldehydes is 1. The Hall–Kier alpha value is -6.03. The maximum Gasteiger partial charge on any atom is 0.407 e. The number of hydrogen-bond acceptors (Lipinski definition) is 21. The maximum absolute atomic E-state index is 12.8. The summed E-state index contributed by atoms with van der Waals surface area (Å²) in [6.45, 7) is 65.3. The van der Waals surface area contributed by atoms with Crippen molar-refractivity contribution in [3.8, 4) is 0 Å². The van der Waals surface area contributed by atoms with Gasteiger partial charge in [-0.1, -0.05) is 119 Å². The molecule has 4 amide bonds. The molecule has 0 bridgehead atoms. The van der Waals surface area contributed by atoms with Crippen LogP contribution in [0, 0.1) is 23.7 Å². The largest absolute Gasteiger partial charge is 0.481 e. The van der Waals surface area contributed by atoms with Crippen molar-refractivity contribution in [2.24, 2.45) is 23.7 Å². The summed E-state index contributed by atoms with van der Waals surface area (Å²) in [5.74, 6) is -4.02. The Morgan fingerprint density at radius 2 is 1.00 bits per heavy atom. The van der Waals surface area contributed by atoms with Crippen LogP contribution in [0.25, 0.3) is 0 Å². The molecule has 26 nitrogen and oxygen atoms in total. The van der Waals surface area contributed by atoms with Crippen LogP contribution in [0.1, 0.15) is 193 Å². The summed E-state index contributed by atoms with van der Waals surface area (Å²) >= 11 is 0. The number of amides is 4. The number of carboxylic acids is 1. The number of alkyl carbamates (subject to hydrolysis) is 4.